The normalized spacial score (nSPS) is 15.2. The van der Waals surface area contributed by atoms with Gasteiger partial charge >= 0.3 is 6.09 Å². The fourth-order valence-corrected chi connectivity index (χ4v) is 3.52. The van der Waals surface area contributed by atoms with Gasteiger partial charge in [-0.25, -0.2) is 4.79 Å². The van der Waals surface area contributed by atoms with Gasteiger partial charge in [0.2, 0.25) is 0 Å². The maximum atomic E-state index is 12.2. The number of aromatic nitrogens is 2. The van der Waals surface area contributed by atoms with E-state index >= 15 is 0 Å². The molecule has 7 nitrogen and oxygen atoms in total. The van der Waals surface area contributed by atoms with Gasteiger partial charge in [0, 0.05) is 42.5 Å². The Morgan fingerprint density at radius 3 is 2.62 bits per heavy atom. The number of likely N-dealkylation sites (tertiary alicyclic amines) is 1. The van der Waals surface area contributed by atoms with Crippen LogP contribution >= 0.6 is 0 Å². The van der Waals surface area contributed by atoms with Crippen molar-refractivity contribution in [3.8, 4) is 16.9 Å². The fourth-order valence-electron chi connectivity index (χ4n) is 3.52. The standard InChI is InChI=1S/C22H29N3O4/c1-22(2,3)29-21(27)24-9-7-16(8-10-24)13-25-14-18(12-23-25)19-11-17(15-26)5-6-20(19)28-4/h5-6,11-12,14-16H,7-10,13H2,1-4H3. The van der Waals surface area contributed by atoms with Gasteiger partial charge in [-0.1, -0.05) is 0 Å². The Balaban J connectivity index is 1.61. The number of methoxy groups -OCH3 is 1. The molecule has 1 amide bonds. The molecule has 0 saturated carbocycles. The molecular weight excluding hydrogens is 370 g/mol. The third-order valence-corrected chi connectivity index (χ3v) is 5.02. The monoisotopic (exact) mass is 399 g/mol. The zero-order valence-electron chi connectivity index (χ0n) is 17.6. The van der Waals surface area contributed by atoms with Gasteiger partial charge in [-0.05, 0) is 57.7 Å². The summed E-state index contributed by atoms with van der Waals surface area (Å²) in [6, 6.07) is 5.34. The van der Waals surface area contributed by atoms with Crippen molar-refractivity contribution in [3.05, 3.63) is 36.2 Å². The van der Waals surface area contributed by atoms with Crippen molar-refractivity contribution < 1.29 is 19.1 Å². The molecule has 1 aliphatic rings. The number of carbonyl (C=O) groups excluding carboxylic acids is 2. The van der Waals surface area contributed by atoms with Crippen LogP contribution in [0.5, 0.6) is 5.75 Å². The average Bonchev–Trinajstić information content (AvgIpc) is 3.15. The van der Waals surface area contributed by atoms with Gasteiger partial charge < -0.3 is 14.4 Å². The molecule has 2 aromatic rings. The molecule has 29 heavy (non-hydrogen) atoms. The van der Waals surface area contributed by atoms with E-state index in [4.69, 9.17) is 9.47 Å². The maximum absolute atomic E-state index is 12.2. The number of hydrogen-bond donors (Lipinski definition) is 0. The summed E-state index contributed by atoms with van der Waals surface area (Å²) >= 11 is 0. The lowest BCUT2D eigenvalue weighted by atomic mass is 9.97. The molecule has 0 unspecified atom stereocenters. The maximum Gasteiger partial charge on any atom is 0.410 e. The Morgan fingerprint density at radius 2 is 2.00 bits per heavy atom. The van der Waals surface area contributed by atoms with Crippen molar-refractivity contribution >= 4 is 12.4 Å². The van der Waals surface area contributed by atoms with Gasteiger partial charge in [-0.15, -0.1) is 0 Å². The molecule has 7 heteroatoms. The first-order valence-corrected chi connectivity index (χ1v) is 9.93. The second-order valence-electron chi connectivity index (χ2n) is 8.44. The summed E-state index contributed by atoms with van der Waals surface area (Å²) in [6.07, 6.45) is 6.19. The van der Waals surface area contributed by atoms with E-state index in [1.807, 2.05) is 37.7 Å². The molecule has 1 aliphatic heterocycles. The molecule has 156 valence electrons. The molecule has 0 spiro atoms. The quantitative estimate of drug-likeness (QED) is 0.710. The van der Waals surface area contributed by atoms with Gasteiger partial charge in [-0.2, -0.15) is 5.10 Å². The van der Waals surface area contributed by atoms with E-state index < -0.39 is 5.60 Å². The molecule has 2 heterocycles. The Kier molecular flexibility index (Phi) is 6.25. The average molecular weight is 399 g/mol. The molecule has 1 aromatic carbocycles. The summed E-state index contributed by atoms with van der Waals surface area (Å²) < 4.78 is 12.8. The molecule has 0 bridgehead atoms. The molecule has 0 N–H and O–H groups in total. The van der Waals surface area contributed by atoms with Gasteiger partial charge in [-0.3, -0.25) is 9.48 Å². The van der Waals surface area contributed by atoms with Crippen LogP contribution in [0.2, 0.25) is 0 Å². The lowest BCUT2D eigenvalue weighted by molar-refractivity contribution is 0.0177. The molecule has 1 aromatic heterocycles. The zero-order chi connectivity index (χ0) is 21.0. The predicted molar refractivity (Wildman–Crippen MR) is 110 cm³/mol. The molecule has 0 atom stereocenters. The number of aldehydes is 1. The van der Waals surface area contributed by atoms with E-state index in [2.05, 4.69) is 5.10 Å². The summed E-state index contributed by atoms with van der Waals surface area (Å²) in [5, 5.41) is 4.49. The Morgan fingerprint density at radius 1 is 1.28 bits per heavy atom. The lowest BCUT2D eigenvalue weighted by Crippen LogP contribution is -2.42. The summed E-state index contributed by atoms with van der Waals surface area (Å²) in [5.74, 6) is 1.16. The molecular formula is C22H29N3O4. The van der Waals surface area contributed by atoms with Gasteiger partial charge in [0.1, 0.15) is 17.6 Å². The number of piperidine rings is 1. The first-order valence-electron chi connectivity index (χ1n) is 9.93. The van der Waals surface area contributed by atoms with E-state index in [0.29, 0.717) is 30.3 Å². The van der Waals surface area contributed by atoms with Crippen molar-refractivity contribution in [2.24, 2.45) is 5.92 Å². The zero-order valence-corrected chi connectivity index (χ0v) is 17.6. The van der Waals surface area contributed by atoms with E-state index in [1.54, 1.807) is 30.3 Å². The molecule has 0 aliphatic carbocycles. The van der Waals surface area contributed by atoms with Crippen molar-refractivity contribution in [1.29, 1.82) is 0 Å². The number of hydrogen-bond acceptors (Lipinski definition) is 5. The van der Waals surface area contributed by atoms with Crippen molar-refractivity contribution in [3.63, 3.8) is 0 Å². The SMILES string of the molecule is COc1ccc(C=O)cc1-c1cnn(CC2CCN(C(=O)OC(C)(C)C)CC2)c1. The Bertz CT molecular complexity index is 861. The summed E-state index contributed by atoms with van der Waals surface area (Å²) in [4.78, 5) is 25.1. The van der Waals surface area contributed by atoms with Crippen LogP contribution in [0.15, 0.2) is 30.6 Å². The van der Waals surface area contributed by atoms with E-state index in [1.165, 1.54) is 0 Å². The number of rotatable bonds is 5. The number of ether oxygens (including phenoxy) is 2. The second-order valence-corrected chi connectivity index (χ2v) is 8.44. The minimum absolute atomic E-state index is 0.237. The largest absolute Gasteiger partial charge is 0.496 e. The van der Waals surface area contributed by atoms with Gasteiger partial charge in [0.15, 0.2) is 0 Å². The van der Waals surface area contributed by atoms with Crippen molar-refractivity contribution in [2.75, 3.05) is 20.2 Å². The van der Waals surface area contributed by atoms with Crippen LogP contribution in [-0.4, -0.2) is 52.9 Å². The van der Waals surface area contributed by atoms with Gasteiger partial charge in [0.05, 0.1) is 13.3 Å². The predicted octanol–water partition coefficient (Wildman–Crippen LogP) is 4.02. The van der Waals surface area contributed by atoms with Crippen LogP contribution in [0.3, 0.4) is 0 Å². The number of carbonyl (C=O) groups is 2. The van der Waals surface area contributed by atoms with E-state index in [-0.39, 0.29) is 6.09 Å². The van der Waals surface area contributed by atoms with Crippen LogP contribution in [0.1, 0.15) is 44.0 Å². The summed E-state index contributed by atoms with van der Waals surface area (Å²) in [7, 11) is 1.61. The van der Waals surface area contributed by atoms with Crippen molar-refractivity contribution in [2.45, 2.75) is 45.8 Å². The van der Waals surface area contributed by atoms with Crippen LogP contribution in [0.25, 0.3) is 11.1 Å². The minimum atomic E-state index is -0.471. The Labute approximate surface area is 171 Å². The highest BCUT2D eigenvalue weighted by Gasteiger charge is 2.27. The van der Waals surface area contributed by atoms with Crippen LogP contribution < -0.4 is 4.74 Å². The second kappa shape index (κ2) is 8.68. The number of amides is 1. The number of benzene rings is 1. The highest BCUT2D eigenvalue weighted by Crippen LogP contribution is 2.31. The summed E-state index contributed by atoms with van der Waals surface area (Å²) in [5.41, 5.74) is 1.89. The van der Waals surface area contributed by atoms with E-state index in [0.717, 1.165) is 36.8 Å². The highest BCUT2D eigenvalue weighted by molar-refractivity contribution is 5.81. The summed E-state index contributed by atoms with van der Waals surface area (Å²) in [6.45, 7) is 7.83. The smallest absolute Gasteiger partial charge is 0.410 e. The molecule has 1 fully saturated rings. The Hall–Kier alpha value is -2.83. The van der Waals surface area contributed by atoms with Crippen LogP contribution in [0.4, 0.5) is 4.79 Å². The lowest BCUT2D eigenvalue weighted by Gasteiger charge is -2.33. The van der Waals surface area contributed by atoms with Crippen molar-refractivity contribution in [1.82, 2.24) is 14.7 Å². The first kappa shape index (κ1) is 20.9. The molecule has 1 saturated heterocycles. The first-order chi connectivity index (χ1) is 13.8. The van der Waals surface area contributed by atoms with Gasteiger partial charge in [0.25, 0.3) is 0 Å². The minimum Gasteiger partial charge on any atom is -0.496 e. The topological polar surface area (TPSA) is 73.7 Å². The van der Waals surface area contributed by atoms with Crippen LogP contribution in [-0.2, 0) is 11.3 Å². The van der Waals surface area contributed by atoms with Crippen LogP contribution in [0, 0.1) is 5.92 Å². The van der Waals surface area contributed by atoms with E-state index in [9.17, 15) is 9.59 Å². The third-order valence-electron chi connectivity index (χ3n) is 5.02. The highest BCUT2D eigenvalue weighted by atomic mass is 16.6. The number of nitrogens with zero attached hydrogens (tertiary/aromatic N) is 3. The fraction of sp³-hybridized carbons (Fsp3) is 0.500. The molecule has 3 rings (SSSR count). The molecule has 0 radical (unpaired) electrons. The third kappa shape index (κ3) is 5.37.